The molecule has 3 fully saturated rings. The van der Waals surface area contributed by atoms with Gasteiger partial charge in [-0.05, 0) is 24.6 Å². The maximum atomic E-state index is 13.2. The van der Waals surface area contributed by atoms with Crippen LogP contribution < -0.4 is 20.0 Å². The zero-order chi connectivity index (χ0) is 29.9. The Balaban J connectivity index is 1.05. The Bertz CT molecular complexity index is 1390. The van der Waals surface area contributed by atoms with Crippen LogP contribution in [0.1, 0.15) is 33.6 Å². The van der Waals surface area contributed by atoms with Crippen LogP contribution in [0.25, 0.3) is 0 Å². The Morgan fingerprint density at radius 1 is 0.814 bits per heavy atom. The average Bonchev–Trinajstić information content (AvgIpc) is 3.28. The van der Waals surface area contributed by atoms with Crippen LogP contribution in [0.4, 0.5) is 17.3 Å². The highest BCUT2D eigenvalue weighted by Crippen LogP contribution is 2.31. The molecule has 5 heterocycles. The van der Waals surface area contributed by atoms with Crippen LogP contribution in [0.2, 0.25) is 0 Å². The lowest BCUT2D eigenvalue weighted by molar-refractivity contribution is -0.136. The molecule has 4 aliphatic heterocycles. The molecule has 0 unspecified atom stereocenters. The van der Waals surface area contributed by atoms with Gasteiger partial charge in [0.05, 0.1) is 30.9 Å². The first kappa shape index (κ1) is 29.0. The van der Waals surface area contributed by atoms with E-state index in [1.165, 1.54) is 0 Å². The quantitative estimate of drug-likeness (QED) is 0.281. The Morgan fingerprint density at radius 2 is 1.47 bits per heavy atom. The minimum Gasteiger partial charge on any atom is -0.394 e. The lowest BCUT2D eigenvalue weighted by Gasteiger charge is -2.38. The van der Waals surface area contributed by atoms with Crippen LogP contribution in [0.5, 0.6) is 0 Å². The zero-order valence-corrected chi connectivity index (χ0v) is 24.0. The highest BCUT2D eigenvalue weighted by Gasteiger charge is 2.44. The number of aliphatic hydroxyl groups is 1. The molecule has 14 nitrogen and oxygen atoms in total. The van der Waals surface area contributed by atoms with Crippen molar-refractivity contribution < 1.29 is 29.0 Å². The second-order valence-corrected chi connectivity index (χ2v) is 11.1. The SMILES string of the molecule is O=C1CC[C@H](N2C(=O)c3ccc(N4CCN(c5cc(N6CCN(CCOCCO)CC6)ncn5)CC4)cc3C2=O)C(=O)N1. The number of fused-ring (bicyclic) bond motifs is 1. The zero-order valence-electron chi connectivity index (χ0n) is 24.0. The van der Waals surface area contributed by atoms with E-state index < -0.39 is 29.7 Å². The van der Waals surface area contributed by atoms with Crippen LogP contribution in [0.3, 0.4) is 0 Å². The number of hydrogen-bond donors (Lipinski definition) is 2. The van der Waals surface area contributed by atoms with Crippen molar-refractivity contribution in [2.24, 2.45) is 0 Å². The van der Waals surface area contributed by atoms with Gasteiger partial charge in [-0.1, -0.05) is 0 Å². The molecule has 0 radical (unpaired) electrons. The molecule has 2 N–H and O–H groups in total. The minimum atomic E-state index is -0.976. The van der Waals surface area contributed by atoms with E-state index in [-0.39, 0.29) is 30.6 Å². The lowest BCUT2D eigenvalue weighted by Crippen LogP contribution is -2.54. The summed E-state index contributed by atoms with van der Waals surface area (Å²) in [7, 11) is 0. The number of carbonyl (C=O) groups excluding carboxylic acids is 4. The van der Waals surface area contributed by atoms with Crippen LogP contribution in [0, 0.1) is 0 Å². The average molecular weight is 593 g/mol. The van der Waals surface area contributed by atoms with E-state index in [1.807, 2.05) is 12.1 Å². The molecular formula is C29H36N8O6. The van der Waals surface area contributed by atoms with Crippen molar-refractivity contribution >= 4 is 41.0 Å². The predicted octanol–water partition coefficient (Wildman–Crippen LogP) is -0.665. The molecule has 228 valence electrons. The van der Waals surface area contributed by atoms with Gasteiger partial charge in [-0.15, -0.1) is 0 Å². The first-order valence-electron chi connectivity index (χ1n) is 14.8. The third kappa shape index (κ3) is 6.03. The van der Waals surface area contributed by atoms with Gasteiger partial charge in [0.2, 0.25) is 11.8 Å². The smallest absolute Gasteiger partial charge is 0.262 e. The number of rotatable bonds is 9. The molecule has 0 saturated carbocycles. The van der Waals surface area contributed by atoms with Crippen molar-refractivity contribution in [3.8, 4) is 0 Å². The molecule has 0 bridgehead atoms. The molecule has 1 atom stereocenters. The van der Waals surface area contributed by atoms with Crippen molar-refractivity contribution in [2.45, 2.75) is 18.9 Å². The predicted molar refractivity (Wildman–Crippen MR) is 156 cm³/mol. The minimum absolute atomic E-state index is 0.0448. The van der Waals surface area contributed by atoms with Crippen molar-refractivity contribution in [1.29, 1.82) is 0 Å². The number of piperazine rings is 2. The van der Waals surface area contributed by atoms with Crippen molar-refractivity contribution in [3.63, 3.8) is 0 Å². The number of anilines is 3. The number of nitrogens with zero attached hydrogens (tertiary/aromatic N) is 7. The van der Waals surface area contributed by atoms with Crippen LogP contribution in [-0.4, -0.2) is 133 Å². The third-order valence-corrected chi connectivity index (χ3v) is 8.51. The number of ether oxygens (including phenoxy) is 1. The normalized spacial score (nSPS) is 21.5. The fraction of sp³-hybridized carbons (Fsp3) is 0.517. The second kappa shape index (κ2) is 12.6. The van der Waals surface area contributed by atoms with Crippen LogP contribution in [-0.2, 0) is 14.3 Å². The summed E-state index contributed by atoms with van der Waals surface area (Å²) >= 11 is 0. The molecule has 6 rings (SSSR count). The fourth-order valence-corrected chi connectivity index (χ4v) is 6.09. The summed E-state index contributed by atoms with van der Waals surface area (Å²) in [5, 5.41) is 11.1. The van der Waals surface area contributed by atoms with Gasteiger partial charge in [0.15, 0.2) is 0 Å². The van der Waals surface area contributed by atoms with Crippen LogP contribution >= 0.6 is 0 Å². The highest BCUT2D eigenvalue weighted by atomic mass is 16.5. The Kier molecular flexibility index (Phi) is 8.49. The van der Waals surface area contributed by atoms with Gasteiger partial charge in [0, 0.05) is 77.1 Å². The number of aromatic nitrogens is 2. The second-order valence-electron chi connectivity index (χ2n) is 11.1. The molecule has 4 amide bonds. The molecule has 2 aromatic rings. The van der Waals surface area contributed by atoms with Gasteiger partial charge in [-0.2, -0.15) is 0 Å². The Labute approximate surface area is 249 Å². The molecular weight excluding hydrogens is 556 g/mol. The summed E-state index contributed by atoms with van der Waals surface area (Å²) in [5.41, 5.74) is 1.40. The van der Waals surface area contributed by atoms with E-state index in [0.717, 1.165) is 68.0 Å². The van der Waals surface area contributed by atoms with Crippen molar-refractivity contribution in [1.82, 2.24) is 25.1 Å². The molecule has 3 saturated heterocycles. The number of imide groups is 2. The number of aliphatic hydroxyl groups excluding tert-OH is 1. The molecule has 0 spiro atoms. The monoisotopic (exact) mass is 592 g/mol. The standard InChI is InChI=1S/C29H36N8O6/c38-14-16-43-15-13-33-5-7-35(8-6-33)24-18-25(31-19-30-24)36-11-9-34(10-12-36)20-1-2-21-22(17-20)29(42)37(28(21)41)23-3-4-26(39)32-27(23)40/h1-2,17-19,23,38H,3-16H2,(H,32,39,40)/t23-/m0/s1. The van der Waals surface area contributed by atoms with Gasteiger partial charge in [-0.25, -0.2) is 9.97 Å². The first-order valence-corrected chi connectivity index (χ1v) is 14.8. The van der Waals surface area contributed by atoms with Gasteiger partial charge in [0.1, 0.15) is 24.0 Å². The van der Waals surface area contributed by atoms with Crippen molar-refractivity contribution in [2.75, 3.05) is 93.4 Å². The van der Waals surface area contributed by atoms with E-state index in [1.54, 1.807) is 18.5 Å². The summed E-state index contributed by atoms with van der Waals surface area (Å²) in [6.07, 6.45) is 1.84. The van der Waals surface area contributed by atoms with Crippen LogP contribution in [0.15, 0.2) is 30.6 Å². The summed E-state index contributed by atoms with van der Waals surface area (Å²) in [4.78, 5) is 69.3. The van der Waals surface area contributed by atoms with E-state index in [4.69, 9.17) is 9.84 Å². The van der Waals surface area contributed by atoms with E-state index in [0.29, 0.717) is 26.3 Å². The largest absolute Gasteiger partial charge is 0.394 e. The Hall–Kier alpha value is -4.14. The summed E-state index contributed by atoms with van der Waals surface area (Å²) in [5.74, 6) is -0.227. The molecule has 1 aromatic heterocycles. The maximum Gasteiger partial charge on any atom is 0.262 e. The number of hydrogen-bond acceptors (Lipinski definition) is 12. The number of piperidine rings is 1. The lowest BCUT2D eigenvalue weighted by atomic mass is 10.0. The molecule has 0 aliphatic carbocycles. The third-order valence-electron chi connectivity index (χ3n) is 8.51. The van der Waals surface area contributed by atoms with E-state index in [9.17, 15) is 19.2 Å². The van der Waals surface area contributed by atoms with E-state index in [2.05, 4.69) is 34.9 Å². The van der Waals surface area contributed by atoms with Crippen molar-refractivity contribution in [3.05, 3.63) is 41.7 Å². The highest BCUT2D eigenvalue weighted by molar-refractivity contribution is 6.23. The van der Waals surface area contributed by atoms with Gasteiger partial charge >= 0.3 is 0 Å². The summed E-state index contributed by atoms with van der Waals surface area (Å²) in [6, 6.07) is 6.30. The Morgan fingerprint density at radius 3 is 2.14 bits per heavy atom. The number of benzene rings is 1. The molecule has 43 heavy (non-hydrogen) atoms. The summed E-state index contributed by atoms with van der Waals surface area (Å²) in [6.45, 7) is 8.30. The molecule has 1 aromatic carbocycles. The molecule has 4 aliphatic rings. The first-order chi connectivity index (χ1) is 20.9. The fourth-order valence-electron chi connectivity index (χ4n) is 6.09. The summed E-state index contributed by atoms with van der Waals surface area (Å²) < 4.78 is 5.39. The van der Waals surface area contributed by atoms with Gasteiger partial charge in [-0.3, -0.25) is 34.3 Å². The van der Waals surface area contributed by atoms with Gasteiger partial charge in [0.25, 0.3) is 11.8 Å². The number of amides is 4. The van der Waals surface area contributed by atoms with Gasteiger partial charge < -0.3 is 24.5 Å². The molecule has 14 heteroatoms. The van der Waals surface area contributed by atoms with E-state index >= 15 is 0 Å². The number of carbonyl (C=O) groups is 4. The number of nitrogens with one attached hydrogen (secondary N) is 1. The maximum absolute atomic E-state index is 13.2. The topological polar surface area (TPSA) is 152 Å².